The number of rotatable bonds is 6. The van der Waals surface area contributed by atoms with Crippen molar-refractivity contribution in [2.24, 2.45) is 16.7 Å². The summed E-state index contributed by atoms with van der Waals surface area (Å²) in [5.74, 6) is 0.810. The van der Waals surface area contributed by atoms with E-state index in [1.165, 1.54) is 25.5 Å². The maximum Gasteiger partial charge on any atom is 0.320 e. The van der Waals surface area contributed by atoms with Gasteiger partial charge in [0.15, 0.2) is 0 Å². The fraction of sp³-hybridized carbons (Fsp3) is 0.759. The maximum atomic E-state index is 14.1. The molecule has 37 heavy (non-hydrogen) atoms. The van der Waals surface area contributed by atoms with Crippen molar-refractivity contribution in [2.75, 3.05) is 38.2 Å². The molecule has 0 spiro atoms. The summed E-state index contributed by atoms with van der Waals surface area (Å²) in [6.45, 7) is 10.2. The number of likely N-dealkylation sites (tertiary alicyclic amines) is 1. The Bertz CT molecular complexity index is 948. The van der Waals surface area contributed by atoms with Gasteiger partial charge in [0.1, 0.15) is 5.41 Å². The fourth-order valence-electron chi connectivity index (χ4n) is 6.21. The SMILES string of the molecule is COC(=O)[C@]12C[C@H](CC(=O)N3CCSCC3)C(=O)N(CCC3=CCCCC3)C1=C[C@H](C(C)(C)C)O[C@@H]2C. The van der Waals surface area contributed by atoms with Crippen molar-refractivity contribution >= 4 is 29.5 Å². The standard InChI is InChI=1S/C29H44N2O5S/c1-20-29(27(34)35-5)19-22(17-25(32)30-13-15-37-16-14-30)26(33)31(12-11-21-9-7-6-8-10-21)23(29)18-24(36-20)28(2,3)4/h9,18,20,22,24H,6-8,10-17,19H2,1-5H3/t20-,22+,24-,29+/m1/s1. The molecule has 8 heteroatoms. The number of hydrogen-bond acceptors (Lipinski definition) is 6. The highest BCUT2D eigenvalue weighted by Gasteiger charge is 2.60. The predicted molar refractivity (Wildman–Crippen MR) is 146 cm³/mol. The third-order valence-electron chi connectivity index (χ3n) is 8.52. The molecule has 0 aromatic carbocycles. The Morgan fingerprint density at radius 2 is 1.95 bits per heavy atom. The summed E-state index contributed by atoms with van der Waals surface area (Å²) in [5.41, 5.74) is 0.759. The number of amides is 2. The molecule has 0 aromatic rings. The first-order valence-corrected chi connectivity index (χ1v) is 15.0. The first-order chi connectivity index (χ1) is 17.6. The van der Waals surface area contributed by atoms with Crippen LogP contribution >= 0.6 is 11.8 Å². The lowest BCUT2D eigenvalue weighted by molar-refractivity contribution is -0.180. The number of nitrogens with zero attached hydrogens (tertiary/aromatic N) is 2. The third-order valence-corrected chi connectivity index (χ3v) is 9.46. The van der Waals surface area contributed by atoms with Crippen LogP contribution in [0, 0.1) is 16.7 Å². The van der Waals surface area contributed by atoms with Gasteiger partial charge in [-0.05, 0) is 56.9 Å². The summed E-state index contributed by atoms with van der Waals surface area (Å²) >= 11 is 1.85. The highest BCUT2D eigenvalue weighted by molar-refractivity contribution is 7.99. The second kappa shape index (κ2) is 11.5. The monoisotopic (exact) mass is 532 g/mol. The van der Waals surface area contributed by atoms with Gasteiger partial charge >= 0.3 is 5.97 Å². The third kappa shape index (κ3) is 5.80. The smallest absolute Gasteiger partial charge is 0.320 e. The van der Waals surface area contributed by atoms with E-state index in [9.17, 15) is 14.4 Å². The molecule has 3 heterocycles. The van der Waals surface area contributed by atoms with Crippen LogP contribution in [0.1, 0.15) is 72.6 Å². The van der Waals surface area contributed by atoms with Crippen molar-refractivity contribution in [1.82, 2.24) is 9.80 Å². The zero-order chi connectivity index (χ0) is 26.8. The van der Waals surface area contributed by atoms with Crippen LogP contribution in [0.3, 0.4) is 0 Å². The van der Waals surface area contributed by atoms with Gasteiger partial charge < -0.3 is 19.3 Å². The number of fused-ring (bicyclic) bond motifs is 1. The maximum absolute atomic E-state index is 14.1. The number of allylic oxidation sites excluding steroid dienone is 1. The van der Waals surface area contributed by atoms with Gasteiger partial charge in [-0.3, -0.25) is 14.4 Å². The lowest BCUT2D eigenvalue weighted by Gasteiger charge is -2.53. The Morgan fingerprint density at radius 1 is 1.22 bits per heavy atom. The van der Waals surface area contributed by atoms with Crippen LogP contribution in [0.4, 0.5) is 0 Å². The summed E-state index contributed by atoms with van der Waals surface area (Å²) < 4.78 is 11.9. The van der Waals surface area contributed by atoms with E-state index in [0.29, 0.717) is 25.3 Å². The van der Waals surface area contributed by atoms with Gasteiger partial charge in [0, 0.05) is 49.2 Å². The number of thioether (sulfide) groups is 1. The van der Waals surface area contributed by atoms with Crippen molar-refractivity contribution in [3.8, 4) is 0 Å². The van der Waals surface area contributed by atoms with Crippen molar-refractivity contribution in [3.05, 3.63) is 23.4 Å². The van der Waals surface area contributed by atoms with Crippen LogP contribution in [0.2, 0.25) is 0 Å². The number of methoxy groups -OCH3 is 1. The molecule has 2 saturated heterocycles. The molecule has 206 valence electrons. The van der Waals surface area contributed by atoms with E-state index < -0.39 is 17.4 Å². The first kappa shape index (κ1) is 28.2. The van der Waals surface area contributed by atoms with Gasteiger partial charge in [-0.2, -0.15) is 11.8 Å². The Balaban J connectivity index is 1.71. The molecule has 0 saturated carbocycles. The van der Waals surface area contributed by atoms with Crippen LogP contribution in [-0.2, 0) is 23.9 Å². The van der Waals surface area contributed by atoms with Crippen LogP contribution in [-0.4, -0.2) is 78.0 Å². The fourth-order valence-corrected chi connectivity index (χ4v) is 7.12. The zero-order valence-corrected chi connectivity index (χ0v) is 24.0. The van der Waals surface area contributed by atoms with E-state index in [-0.39, 0.29) is 42.1 Å². The molecule has 4 atom stereocenters. The molecule has 2 amide bonds. The Morgan fingerprint density at radius 3 is 2.57 bits per heavy atom. The number of carbonyl (C=O) groups is 3. The number of esters is 1. The molecular formula is C29H44N2O5S. The normalized spacial score (nSPS) is 30.8. The molecule has 0 bridgehead atoms. The van der Waals surface area contributed by atoms with Crippen molar-refractivity contribution in [1.29, 1.82) is 0 Å². The Hall–Kier alpha value is -1.80. The second-order valence-electron chi connectivity index (χ2n) is 12.0. The number of piperidine rings is 1. The summed E-state index contributed by atoms with van der Waals surface area (Å²) in [7, 11) is 1.40. The minimum Gasteiger partial charge on any atom is -0.468 e. The van der Waals surface area contributed by atoms with E-state index in [4.69, 9.17) is 9.47 Å². The largest absolute Gasteiger partial charge is 0.468 e. The molecular weight excluding hydrogens is 488 g/mol. The zero-order valence-electron chi connectivity index (χ0n) is 23.2. The average molecular weight is 533 g/mol. The molecule has 0 N–H and O–H groups in total. The average Bonchev–Trinajstić information content (AvgIpc) is 2.89. The predicted octanol–water partition coefficient (Wildman–Crippen LogP) is 4.57. The Kier molecular flexibility index (Phi) is 8.79. The molecule has 0 aromatic heterocycles. The van der Waals surface area contributed by atoms with Crippen LogP contribution in [0.15, 0.2) is 23.4 Å². The summed E-state index contributed by atoms with van der Waals surface area (Å²) in [6.07, 6.45) is 9.22. The molecule has 2 fully saturated rings. The summed E-state index contributed by atoms with van der Waals surface area (Å²) in [6, 6.07) is 0. The van der Waals surface area contributed by atoms with E-state index >= 15 is 0 Å². The minimum absolute atomic E-state index is 0.00187. The molecule has 7 nitrogen and oxygen atoms in total. The number of carbonyl (C=O) groups excluding carboxylic acids is 3. The molecule has 1 aliphatic carbocycles. The van der Waals surface area contributed by atoms with Gasteiger partial charge in [-0.25, -0.2) is 0 Å². The summed E-state index contributed by atoms with van der Waals surface area (Å²) in [4.78, 5) is 44.6. The Labute approximate surface area is 226 Å². The quantitative estimate of drug-likeness (QED) is 0.369. The second-order valence-corrected chi connectivity index (χ2v) is 13.3. The topological polar surface area (TPSA) is 76.2 Å². The molecule has 0 radical (unpaired) electrons. The van der Waals surface area contributed by atoms with E-state index in [1.807, 2.05) is 34.6 Å². The van der Waals surface area contributed by atoms with Crippen LogP contribution in [0.25, 0.3) is 0 Å². The number of ether oxygens (including phenoxy) is 2. The van der Waals surface area contributed by atoms with Crippen molar-refractivity contribution in [2.45, 2.75) is 84.8 Å². The number of hydrogen-bond donors (Lipinski definition) is 0. The lowest BCUT2D eigenvalue weighted by Crippen LogP contribution is -2.61. The highest BCUT2D eigenvalue weighted by Crippen LogP contribution is 2.52. The van der Waals surface area contributed by atoms with Crippen LogP contribution in [0.5, 0.6) is 0 Å². The van der Waals surface area contributed by atoms with Gasteiger partial charge in [-0.1, -0.05) is 32.4 Å². The van der Waals surface area contributed by atoms with Gasteiger partial charge in [0.25, 0.3) is 0 Å². The van der Waals surface area contributed by atoms with E-state index in [1.54, 1.807) is 0 Å². The van der Waals surface area contributed by atoms with Gasteiger partial charge in [-0.15, -0.1) is 0 Å². The van der Waals surface area contributed by atoms with Gasteiger partial charge in [0.2, 0.25) is 11.8 Å². The molecule has 3 aliphatic heterocycles. The molecule has 0 unspecified atom stereocenters. The van der Waals surface area contributed by atoms with E-state index in [0.717, 1.165) is 30.8 Å². The van der Waals surface area contributed by atoms with Gasteiger partial charge in [0.05, 0.1) is 19.3 Å². The highest BCUT2D eigenvalue weighted by atomic mass is 32.2. The van der Waals surface area contributed by atoms with E-state index in [2.05, 4.69) is 26.8 Å². The van der Waals surface area contributed by atoms with Crippen LogP contribution < -0.4 is 0 Å². The molecule has 4 aliphatic rings. The van der Waals surface area contributed by atoms with Crippen molar-refractivity contribution < 1.29 is 23.9 Å². The minimum atomic E-state index is -1.12. The summed E-state index contributed by atoms with van der Waals surface area (Å²) in [5, 5.41) is 0. The lowest BCUT2D eigenvalue weighted by atomic mass is 9.65. The van der Waals surface area contributed by atoms with Crippen molar-refractivity contribution in [3.63, 3.8) is 0 Å². The first-order valence-electron chi connectivity index (χ1n) is 13.9. The molecule has 4 rings (SSSR count).